The Morgan fingerprint density at radius 2 is 1.71 bits per heavy atom. The Hall–Kier alpha value is -2.71. The third kappa shape index (κ3) is 10.4. The lowest BCUT2D eigenvalue weighted by atomic mass is 10.1. The highest BCUT2D eigenvalue weighted by Gasteiger charge is 2.06. The number of carbonyl (C=O) groups is 2. The Morgan fingerprint density at radius 1 is 1.11 bits per heavy atom. The number of carboxylic acid groups (broad SMARTS) is 2. The number of likely N-dealkylation sites (N-methyl/N-ethyl adjacent to an activating group) is 1. The minimum atomic E-state index is -1.26. The number of nitrogen functional groups attached to an aromatic ring is 1. The summed E-state index contributed by atoms with van der Waals surface area (Å²) in [6.45, 7) is 4.26. The zero-order valence-corrected chi connectivity index (χ0v) is 17.0. The first-order valence-corrected chi connectivity index (χ1v) is 9.67. The van der Waals surface area contributed by atoms with E-state index in [1.54, 1.807) is 11.3 Å². The van der Waals surface area contributed by atoms with Crippen LogP contribution < -0.4 is 5.73 Å². The molecule has 28 heavy (non-hydrogen) atoms. The van der Waals surface area contributed by atoms with Gasteiger partial charge in [0, 0.05) is 23.6 Å². The summed E-state index contributed by atoms with van der Waals surface area (Å²) in [4.78, 5) is 27.1. The van der Waals surface area contributed by atoms with E-state index in [1.165, 1.54) is 10.4 Å². The number of aryl methyl sites for hydroxylation is 2. The molecule has 0 fully saturated rings. The van der Waals surface area contributed by atoms with Gasteiger partial charge >= 0.3 is 11.9 Å². The number of carboxylic acids is 2. The molecule has 1 aromatic carbocycles. The van der Waals surface area contributed by atoms with Crippen molar-refractivity contribution in [2.45, 2.75) is 26.2 Å². The monoisotopic (exact) mass is 405 g/mol. The van der Waals surface area contributed by atoms with Crippen molar-refractivity contribution in [1.82, 2.24) is 9.88 Å². The Morgan fingerprint density at radius 3 is 2.21 bits per heavy atom. The predicted molar refractivity (Wildman–Crippen MR) is 112 cm³/mol. The standard InChI is InChI=1S/C16H23N3S.C4H4O4/c1-13-15(20-16(17)18-13)9-6-11-19(2)12-10-14-7-4-3-5-8-14;5-3(6)1-2-4(7)8/h3-5,7-8H,6,9-12H2,1-2H3,(H2,17,18);1-2H,(H,5,6)(H,7,8)/b;2-1+. The quantitative estimate of drug-likeness (QED) is 0.549. The first-order valence-electron chi connectivity index (χ1n) is 8.86. The van der Waals surface area contributed by atoms with Gasteiger partial charge in [-0.1, -0.05) is 30.3 Å². The highest BCUT2D eigenvalue weighted by Crippen LogP contribution is 2.21. The van der Waals surface area contributed by atoms with Gasteiger partial charge in [0.15, 0.2) is 5.13 Å². The predicted octanol–water partition coefficient (Wildman–Crippen LogP) is 2.85. The largest absolute Gasteiger partial charge is 0.478 e. The fraction of sp³-hybridized carbons (Fsp3) is 0.350. The van der Waals surface area contributed by atoms with E-state index in [1.807, 2.05) is 6.92 Å². The molecule has 152 valence electrons. The first-order chi connectivity index (χ1) is 13.3. The van der Waals surface area contributed by atoms with E-state index < -0.39 is 11.9 Å². The molecular formula is C20H27N3O4S. The van der Waals surface area contributed by atoms with Gasteiger partial charge in [0.2, 0.25) is 0 Å². The molecule has 0 bridgehead atoms. The van der Waals surface area contributed by atoms with Crippen LogP contribution in [-0.4, -0.2) is 52.2 Å². The fourth-order valence-corrected chi connectivity index (χ4v) is 3.29. The maximum absolute atomic E-state index is 9.55. The number of hydrogen-bond donors (Lipinski definition) is 3. The Labute approximate surface area is 169 Å². The van der Waals surface area contributed by atoms with Crippen LogP contribution >= 0.6 is 11.3 Å². The minimum absolute atomic E-state index is 0.558. The molecule has 0 aliphatic rings. The van der Waals surface area contributed by atoms with Gasteiger partial charge < -0.3 is 20.8 Å². The van der Waals surface area contributed by atoms with Crippen LogP contribution in [0.4, 0.5) is 5.13 Å². The van der Waals surface area contributed by atoms with Crippen molar-refractivity contribution >= 4 is 28.4 Å². The van der Waals surface area contributed by atoms with Crippen LogP contribution in [0.3, 0.4) is 0 Å². The molecule has 4 N–H and O–H groups in total. The van der Waals surface area contributed by atoms with Crippen LogP contribution in [-0.2, 0) is 22.4 Å². The van der Waals surface area contributed by atoms with Crippen LogP contribution in [0.25, 0.3) is 0 Å². The molecule has 0 saturated heterocycles. The summed E-state index contributed by atoms with van der Waals surface area (Å²) in [6.07, 6.45) is 4.47. The topological polar surface area (TPSA) is 117 Å². The van der Waals surface area contributed by atoms with Crippen LogP contribution in [0, 0.1) is 6.92 Å². The average Bonchev–Trinajstić information content (AvgIpc) is 2.97. The SMILES string of the molecule is Cc1nc(N)sc1CCCN(C)CCc1ccccc1.O=C(O)/C=C/C(=O)O. The summed E-state index contributed by atoms with van der Waals surface area (Å²) >= 11 is 1.62. The summed E-state index contributed by atoms with van der Waals surface area (Å²) in [5.74, 6) is -2.51. The minimum Gasteiger partial charge on any atom is -0.478 e. The molecule has 0 unspecified atom stereocenters. The van der Waals surface area contributed by atoms with Crippen LogP contribution in [0.1, 0.15) is 22.6 Å². The second kappa shape index (κ2) is 12.6. The normalized spacial score (nSPS) is 10.7. The van der Waals surface area contributed by atoms with E-state index in [-0.39, 0.29) is 0 Å². The van der Waals surface area contributed by atoms with Gasteiger partial charge in [-0.05, 0) is 45.3 Å². The van der Waals surface area contributed by atoms with Crippen molar-refractivity contribution in [2.24, 2.45) is 0 Å². The van der Waals surface area contributed by atoms with Gasteiger partial charge in [-0.2, -0.15) is 0 Å². The maximum Gasteiger partial charge on any atom is 0.328 e. The number of benzene rings is 1. The molecule has 2 aromatic rings. The van der Waals surface area contributed by atoms with Gasteiger partial charge in [-0.15, -0.1) is 11.3 Å². The lowest BCUT2D eigenvalue weighted by Gasteiger charge is -2.16. The van der Waals surface area contributed by atoms with Gasteiger partial charge in [0.25, 0.3) is 0 Å². The van der Waals surface area contributed by atoms with Crippen molar-refractivity contribution in [1.29, 1.82) is 0 Å². The van der Waals surface area contributed by atoms with Crippen molar-refractivity contribution in [3.63, 3.8) is 0 Å². The van der Waals surface area contributed by atoms with E-state index in [0.29, 0.717) is 17.3 Å². The summed E-state index contributed by atoms with van der Waals surface area (Å²) in [6, 6.07) is 10.7. The summed E-state index contributed by atoms with van der Waals surface area (Å²) in [5, 5.41) is 16.3. The smallest absolute Gasteiger partial charge is 0.328 e. The highest BCUT2D eigenvalue weighted by atomic mass is 32.1. The van der Waals surface area contributed by atoms with E-state index in [4.69, 9.17) is 15.9 Å². The zero-order valence-electron chi connectivity index (χ0n) is 16.2. The third-order valence-corrected chi connectivity index (χ3v) is 4.89. The molecule has 0 spiro atoms. The number of anilines is 1. The number of nitrogens with two attached hydrogens (primary N) is 1. The summed E-state index contributed by atoms with van der Waals surface area (Å²) in [5.41, 5.74) is 8.22. The number of rotatable bonds is 9. The van der Waals surface area contributed by atoms with E-state index in [2.05, 4.69) is 47.3 Å². The molecule has 0 saturated carbocycles. The van der Waals surface area contributed by atoms with Crippen molar-refractivity contribution < 1.29 is 19.8 Å². The van der Waals surface area contributed by atoms with Crippen molar-refractivity contribution in [3.05, 3.63) is 58.6 Å². The van der Waals surface area contributed by atoms with Crippen LogP contribution in [0.5, 0.6) is 0 Å². The lowest BCUT2D eigenvalue weighted by Crippen LogP contribution is -2.22. The van der Waals surface area contributed by atoms with Crippen LogP contribution in [0.2, 0.25) is 0 Å². The summed E-state index contributed by atoms with van der Waals surface area (Å²) < 4.78 is 0. The Kier molecular flexibility index (Phi) is 10.5. The van der Waals surface area contributed by atoms with Crippen molar-refractivity contribution in [2.75, 3.05) is 25.9 Å². The Balaban J connectivity index is 0.000000416. The molecule has 1 aromatic heterocycles. The lowest BCUT2D eigenvalue weighted by molar-refractivity contribution is -0.134. The molecule has 1 heterocycles. The fourth-order valence-electron chi connectivity index (χ4n) is 2.41. The zero-order chi connectivity index (χ0) is 20.9. The van der Waals surface area contributed by atoms with Gasteiger partial charge in [0.1, 0.15) is 0 Å². The second-order valence-corrected chi connectivity index (χ2v) is 7.33. The molecule has 0 atom stereocenters. The number of thiazole rings is 1. The van der Waals surface area contributed by atoms with Gasteiger partial charge in [0.05, 0.1) is 5.69 Å². The van der Waals surface area contributed by atoms with Crippen molar-refractivity contribution in [3.8, 4) is 0 Å². The first kappa shape index (κ1) is 23.3. The molecular weight excluding hydrogens is 378 g/mol. The molecule has 0 amide bonds. The molecule has 7 nitrogen and oxygen atoms in total. The molecule has 0 aliphatic heterocycles. The van der Waals surface area contributed by atoms with E-state index >= 15 is 0 Å². The average molecular weight is 406 g/mol. The molecule has 0 aliphatic carbocycles. The third-order valence-electron chi connectivity index (χ3n) is 3.85. The number of hydrogen-bond acceptors (Lipinski definition) is 6. The van der Waals surface area contributed by atoms with Gasteiger partial charge in [-0.3, -0.25) is 0 Å². The van der Waals surface area contributed by atoms with Gasteiger partial charge in [-0.25, -0.2) is 14.6 Å². The van der Waals surface area contributed by atoms with E-state index in [0.717, 1.165) is 38.0 Å². The number of aromatic nitrogens is 1. The second-order valence-electron chi connectivity index (χ2n) is 6.21. The molecule has 8 heteroatoms. The summed E-state index contributed by atoms with van der Waals surface area (Å²) in [7, 11) is 2.19. The maximum atomic E-state index is 9.55. The van der Waals surface area contributed by atoms with E-state index in [9.17, 15) is 9.59 Å². The highest BCUT2D eigenvalue weighted by molar-refractivity contribution is 7.15. The molecule has 2 rings (SSSR count). The molecule has 0 radical (unpaired) electrons. The Bertz CT molecular complexity index is 759. The number of nitrogens with zero attached hydrogens (tertiary/aromatic N) is 2. The van der Waals surface area contributed by atoms with Crippen LogP contribution in [0.15, 0.2) is 42.5 Å². The number of aliphatic carboxylic acids is 2.